The van der Waals surface area contributed by atoms with E-state index < -0.39 is 18.3 Å². The minimum atomic E-state index is -2.84. The second-order valence-corrected chi connectivity index (χ2v) is 10.7. The maximum Gasteiger partial charge on any atom is 0.339 e. The van der Waals surface area contributed by atoms with E-state index in [2.05, 4.69) is 20.2 Å². The van der Waals surface area contributed by atoms with Gasteiger partial charge in [-0.3, -0.25) is 19.6 Å². The van der Waals surface area contributed by atoms with Gasteiger partial charge in [-0.15, -0.1) is 10.2 Å². The average Bonchev–Trinajstić information content (AvgIpc) is 3.79. The van der Waals surface area contributed by atoms with Gasteiger partial charge in [0.25, 0.3) is 17.7 Å². The van der Waals surface area contributed by atoms with Gasteiger partial charge >= 0.3 is 12.4 Å². The first-order valence-corrected chi connectivity index (χ1v) is 14.7. The molecule has 0 spiro atoms. The lowest BCUT2D eigenvalue weighted by molar-refractivity contribution is 0.0525. The van der Waals surface area contributed by atoms with Crippen LogP contribution in [0, 0.1) is 0 Å². The topological polar surface area (TPSA) is 132 Å². The van der Waals surface area contributed by atoms with Crippen LogP contribution in [0.15, 0.2) is 89.6 Å². The molecule has 0 radical (unpaired) electrons. The molecule has 2 amide bonds. The van der Waals surface area contributed by atoms with Crippen molar-refractivity contribution in [2.45, 2.75) is 39.5 Å². The van der Waals surface area contributed by atoms with Gasteiger partial charge in [-0.2, -0.15) is 8.78 Å². The first kappa shape index (κ1) is 31.1. The highest BCUT2D eigenvalue weighted by atomic mass is 19.3. The Morgan fingerprint density at radius 3 is 1.91 bits per heavy atom. The largest absolute Gasteiger partial charge is 0.462 e. The Bertz CT molecular complexity index is 1920. The highest BCUT2D eigenvalue weighted by Crippen LogP contribution is 2.29. The molecule has 3 aromatic heterocycles. The minimum Gasteiger partial charge on any atom is -0.462 e. The van der Waals surface area contributed by atoms with Crippen LogP contribution in [-0.4, -0.2) is 54.4 Å². The summed E-state index contributed by atoms with van der Waals surface area (Å²) in [7, 11) is 0. The molecule has 0 N–H and O–H groups in total. The van der Waals surface area contributed by atoms with Crippen molar-refractivity contribution >= 4 is 17.8 Å². The number of carbonyl (C=O) groups is 3. The molecule has 13 heteroatoms. The van der Waals surface area contributed by atoms with E-state index in [0.29, 0.717) is 66.4 Å². The van der Waals surface area contributed by atoms with Gasteiger partial charge in [0.2, 0.25) is 5.89 Å². The molecule has 0 saturated heterocycles. The maximum atomic E-state index is 12.6. The number of aromatic nitrogens is 4. The zero-order valence-corrected chi connectivity index (χ0v) is 25.2. The molecule has 47 heavy (non-hydrogen) atoms. The van der Waals surface area contributed by atoms with Gasteiger partial charge in [0, 0.05) is 25.5 Å². The summed E-state index contributed by atoms with van der Waals surface area (Å²) in [6.45, 7) is 3.91. The van der Waals surface area contributed by atoms with E-state index in [4.69, 9.17) is 9.15 Å². The molecule has 5 aromatic rings. The van der Waals surface area contributed by atoms with Gasteiger partial charge < -0.3 is 19.0 Å². The second kappa shape index (κ2) is 13.6. The maximum absolute atomic E-state index is 12.6. The Hall–Kier alpha value is -5.85. The Morgan fingerprint density at radius 2 is 1.38 bits per heavy atom. The fourth-order valence-corrected chi connectivity index (χ4v) is 5.20. The quantitative estimate of drug-likeness (QED) is 0.198. The number of rotatable bonds is 8. The van der Waals surface area contributed by atoms with Gasteiger partial charge in [-0.1, -0.05) is 60.7 Å². The summed E-state index contributed by atoms with van der Waals surface area (Å²) < 4.78 is 35.0. The zero-order chi connectivity index (χ0) is 32.9. The summed E-state index contributed by atoms with van der Waals surface area (Å²) in [5.74, 6) is -1.56. The molecule has 0 fully saturated rings. The van der Waals surface area contributed by atoms with Gasteiger partial charge in [-0.25, -0.2) is 4.79 Å². The number of hydrogen-bond acceptors (Lipinski definition) is 9. The lowest BCUT2D eigenvalue weighted by atomic mass is 10.1. The first-order chi connectivity index (χ1) is 22.8. The average molecular weight is 639 g/mol. The third-order valence-electron chi connectivity index (χ3n) is 7.47. The van der Waals surface area contributed by atoms with Crippen molar-refractivity contribution in [2.24, 2.45) is 0 Å². The molecule has 11 nitrogen and oxygen atoms in total. The van der Waals surface area contributed by atoms with E-state index in [-0.39, 0.29) is 17.7 Å². The van der Waals surface area contributed by atoms with Crippen LogP contribution in [-0.2, 0) is 30.9 Å². The van der Waals surface area contributed by atoms with Gasteiger partial charge in [0.05, 0.1) is 53.3 Å². The van der Waals surface area contributed by atoms with Crippen molar-refractivity contribution in [3.05, 3.63) is 130 Å². The molecule has 2 aromatic carbocycles. The van der Waals surface area contributed by atoms with Crippen LogP contribution in [0.4, 0.5) is 8.78 Å². The lowest BCUT2D eigenvalue weighted by Gasteiger charge is -2.15. The van der Waals surface area contributed by atoms with Crippen molar-refractivity contribution in [1.82, 2.24) is 30.0 Å². The molecule has 5 heterocycles. The highest BCUT2D eigenvalue weighted by molar-refractivity contribution is 6.00. The number of benzene rings is 2. The fourth-order valence-electron chi connectivity index (χ4n) is 5.20. The predicted octanol–water partition coefficient (Wildman–Crippen LogP) is 5.64. The van der Waals surface area contributed by atoms with Crippen LogP contribution < -0.4 is 0 Å². The van der Waals surface area contributed by atoms with Crippen LogP contribution in [0.2, 0.25) is 0 Å². The number of halogens is 2. The number of fused-ring (bicyclic) bond motifs is 2. The summed E-state index contributed by atoms with van der Waals surface area (Å²) in [4.78, 5) is 48.7. The number of esters is 1. The van der Waals surface area contributed by atoms with E-state index in [1.807, 2.05) is 60.7 Å². The SMILES string of the molecule is CCOC(=O)c1cnc2c(c1)C(=O)N(Cc1ccccc1)C2.O=C1c2cc(-c3nnc(C(F)F)o3)cnc2CN1Cc1ccccc1. The molecular formula is C34H28F2N6O5. The Balaban J connectivity index is 0.000000166. The molecule has 7 rings (SSSR count). The molecular weight excluding hydrogens is 610 g/mol. The summed E-state index contributed by atoms with van der Waals surface area (Å²) in [5, 5.41) is 6.87. The van der Waals surface area contributed by atoms with Crippen molar-refractivity contribution in [3.8, 4) is 11.5 Å². The molecule has 0 bridgehead atoms. The Morgan fingerprint density at radius 1 is 0.830 bits per heavy atom. The van der Waals surface area contributed by atoms with Gasteiger partial charge in [0.1, 0.15) is 0 Å². The van der Waals surface area contributed by atoms with Gasteiger partial charge in [0.15, 0.2) is 0 Å². The monoisotopic (exact) mass is 638 g/mol. The molecule has 0 unspecified atom stereocenters. The second-order valence-electron chi connectivity index (χ2n) is 10.7. The molecule has 0 saturated carbocycles. The minimum absolute atomic E-state index is 0.0834. The van der Waals surface area contributed by atoms with E-state index in [1.54, 1.807) is 28.9 Å². The van der Waals surface area contributed by atoms with E-state index >= 15 is 0 Å². The van der Waals surface area contributed by atoms with E-state index in [0.717, 1.165) is 11.1 Å². The lowest BCUT2D eigenvalue weighted by Crippen LogP contribution is -2.23. The number of carbonyl (C=O) groups excluding carboxylic acids is 3. The van der Waals surface area contributed by atoms with E-state index in [9.17, 15) is 23.2 Å². The summed E-state index contributed by atoms with van der Waals surface area (Å²) in [6.07, 6.45) is 0.0726. The molecule has 238 valence electrons. The molecule has 0 atom stereocenters. The third-order valence-corrected chi connectivity index (χ3v) is 7.47. The van der Waals surface area contributed by atoms with Crippen molar-refractivity contribution in [2.75, 3.05) is 6.61 Å². The normalized spacial score (nSPS) is 13.4. The van der Waals surface area contributed by atoms with Crippen LogP contribution >= 0.6 is 0 Å². The summed E-state index contributed by atoms with van der Waals surface area (Å²) in [5.41, 5.74) is 4.99. The first-order valence-electron chi connectivity index (χ1n) is 14.7. The smallest absolute Gasteiger partial charge is 0.339 e. The zero-order valence-electron chi connectivity index (χ0n) is 25.2. The van der Waals surface area contributed by atoms with E-state index in [1.165, 1.54) is 12.4 Å². The van der Waals surface area contributed by atoms with Crippen LogP contribution in [0.3, 0.4) is 0 Å². The molecule has 0 aliphatic carbocycles. The highest BCUT2D eigenvalue weighted by Gasteiger charge is 2.31. The summed E-state index contributed by atoms with van der Waals surface area (Å²) in [6, 6.07) is 22.5. The Kier molecular flexibility index (Phi) is 9.04. The number of alkyl halides is 2. The molecule has 2 aliphatic heterocycles. The van der Waals surface area contributed by atoms with Crippen molar-refractivity contribution in [1.29, 1.82) is 0 Å². The van der Waals surface area contributed by atoms with Crippen LogP contribution in [0.5, 0.6) is 0 Å². The number of pyridine rings is 2. The number of hydrogen-bond donors (Lipinski definition) is 0. The number of amides is 2. The Labute approximate surface area is 267 Å². The van der Waals surface area contributed by atoms with Gasteiger partial charge in [-0.05, 0) is 30.2 Å². The number of ether oxygens (including phenoxy) is 1. The third kappa shape index (κ3) is 6.88. The summed E-state index contributed by atoms with van der Waals surface area (Å²) >= 11 is 0. The van der Waals surface area contributed by atoms with Crippen molar-refractivity contribution < 1.29 is 32.3 Å². The number of nitrogens with zero attached hydrogens (tertiary/aromatic N) is 6. The predicted molar refractivity (Wildman–Crippen MR) is 163 cm³/mol. The van der Waals surface area contributed by atoms with Crippen LogP contribution in [0.25, 0.3) is 11.5 Å². The standard InChI is InChI=1S/C17H12F2N4O2.C17H16N2O3/c18-14(19)16-22-21-15(25-16)11-6-12-13(20-7-11)9-23(17(12)24)8-10-4-2-1-3-5-10;1-2-22-17(21)13-8-14-15(18-9-13)11-19(16(14)20)10-12-6-4-3-5-7-12/h1-7,14H,8-9H2;3-9H,2,10-11H2,1H3. The van der Waals surface area contributed by atoms with Crippen molar-refractivity contribution in [3.63, 3.8) is 0 Å². The fraction of sp³-hybridized carbons (Fsp3) is 0.206. The molecule has 2 aliphatic rings. The van der Waals surface area contributed by atoms with Crippen LogP contribution in [0.1, 0.15) is 72.8 Å².